The molecule has 0 spiro atoms. The fourth-order valence-corrected chi connectivity index (χ4v) is 3.00. The fraction of sp³-hybridized carbons (Fsp3) is 0.938. The quantitative estimate of drug-likeness (QED) is 0.718. The summed E-state index contributed by atoms with van der Waals surface area (Å²) >= 11 is 0. The molecule has 1 aliphatic rings. The lowest BCUT2D eigenvalue weighted by molar-refractivity contribution is -0.126. The van der Waals surface area contributed by atoms with Gasteiger partial charge in [0.15, 0.2) is 0 Å². The summed E-state index contributed by atoms with van der Waals surface area (Å²) in [5, 5.41) is 0. The monoisotopic (exact) mass is 253 g/mol. The molecule has 1 saturated carbocycles. The van der Waals surface area contributed by atoms with E-state index in [-0.39, 0.29) is 0 Å². The second kappa shape index (κ2) is 7.28. The van der Waals surface area contributed by atoms with E-state index in [2.05, 4.69) is 39.5 Å². The van der Waals surface area contributed by atoms with Crippen molar-refractivity contribution in [2.45, 2.75) is 66.3 Å². The molecule has 2 heteroatoms. The van der Waals surface area contributed by atoms with Gasteiger partial charge in [0.2, 0.25) is 0 Å². The van der Waals surface area contributed by atoms with Gasteiger partial charge in [-0.25, -0.2) is 0 Å². The molecule has 1 fully saturated rings. The SMILES string of the molecule is CCC1CCC(=O)C(CN(CC(C)C)C(C)C)C1. The lowest BCUT2D eigenvalue weighted by atomic mass is 9.79. The molecule has 106 valence electrons. The Hall–Kier alpha value is -0.370. The molecule has 0 aromatic carbocycles. The van der Waals surface area contributed by atoms with E-state index >= 15 is 0 Å². The minimum atomic E-state index is 0.296. The Morgan fingerprint density at radius 1 is 1.28 bits per heavy atom. The molecule has 2 atom stereocenters. The molecule has 1 aliphatic carbocycles. The molecule has 0 saturated heterocycles. The first kappa shape index (κ1) is 15.7. The number of nitrogens with zero attached hydrogens (tertiary/aromatic N) is 1. The minimum Gasteiger partial charge on any atom is -0.300 e. The van der Waals surface area contributed by atoms with Gasteiger partial charge in [-0.2, -0.15) is 0 Å². The molecule has 0 aromatic heterocycles. The second-order valence-electron chi connectivity index (χ2n) is 6.65. The van der Waals surface area contributed by atoms with Gasteiger partial charge in [0.1, 0.15) is 5.78 Å². The molecule has 2 nitrogen and oxygen atoms in total. The van der Waals surface area contributed by atoms with Crippen LogP contribution in [0, 0.1) is 17.8 Å². The largest absolute Gasteiger partial charge is 0.300 e. The molecule has 0 amide bonds. The van der Waals surface area contributed by atoms with Gasteiger partial charge in [-0.15, -0.1) is 0 Å². The number of ketones is 1. The summed E-state index contributed by atoms with van der Waals surface area (Å²) in [6.45, 7) is 13.3. The van der Waals surface area contributed by atoms with Crippen molar-refractivity contribution in [3.63, 3.8) is 0 Å². The van der Waals surface area contributed by atoms with Crippen molar-refractivity contribution in [3.8, 4) is 0 Å². The molecule has 0 heterocycles. The zero-order chi connectivity index (χ0) is 13.7. The maximum Gasteiger partial charge on any atom is 0.137 e. The average Bonchev–Trinajstić information content (AvgIpc) is 2.30. The van der Waals surface area contributed by atoms with Crippen molar-refractivity contribution < 1.29 is 4.79 Å². The summed E-state index contributed by atoms with van der Waals surface area (Å²) in [6, 6.07) is 0.544. The maximum absolute atomic E-state index is 12.1. The van der Waals surface area contributed by atoms with Gasteiger partial charge in [-0.1, -0.05) is 27.2 Å². The van der Waals surface area contributed by atoms with Crippen LogP contribution in [0.15, 0.2) is 0 Å². The Balaban J connectivity index is 2.58. The number of hydrogen-bond donors (Lipinski definition) is 0. The fourth-order valence-electron chi connectivity index (χ4n) is 3.00. The Kier molecular flexibility index (Phi) is 6.34. The van der Waals surface area contributed by atoms with E-state index in [0.29, 0.717) is 23.7 Å². The highest BCUT2D eigenvalue weighted by molar-refractivity contribution is 5.81. The molecule has 0 bridgehead atoms. The summed E-state index contributed by atoms with van der Waals surface area (Å²) in [5.74, 6) is 2.26. The minimum absolute atomic E-state index is 0.296. The van der Waals surface area contributed by atoms with Crippen LogP contribution < -0.4 is 0 Å². The standard InChI is InChI=1S/C16H31NO/c1-6-14-7-8-16(18)15(9-14)11-17(13(4)5)10-12(2)3/h12-15H,6-11H2,1-5H3. The molecule has 0 aromatic rings. The Labute approximate surface area is 113 Å². The van der Waals surface area contributed by atoms with Crippen molar-refractivity contribution in [1.29, 1.82) is 0 Å². The lowest BCUT2D eigenvalue weighted by Gasteiger charge is -2.35. The molecule has 0 N–H and O–H groups in total. The van der Waals surface area contributed by atoms with E-state index in [1.165, 1.54) is 6.42 Å². The highest BCUT2D eigenvalue weighted by Gasteiger charge is 2.29. The third-order valence-corrected chi connectivity index (χ3v) is 4.23. The van der Waals surface area contributed by atoms with Crippen LogP contribution in [0.1, 0.15) is 60.3 Å². The molecule has 2 unspecified atom stereocenters. The van der Waals surface area contributed by atoms with E-state index in [0.717, 1.165) is 38.3 Å². The van der Waals surface area contributed by atoms with Gasteiger partial charge in [0, 0.05) is 31.5 Å². The zero-order valence-corrected chi connectivity index (χ0v) is 12.9. The molecule has 0 aliphatic heterocycles. The molecular weight excluding hydrogens is 222 g/mol. The number of rotatable bonds is 6. The number of hydrogen-bond acceptors (Lipinski definition) is 2. The highest BCUT2D eigenvalue weighted by Crippen LogP contribution is 2.29. The van der Waals surface area contributed by atoms with Crippen molar-refractivity contribution in [2.75, 3.05) is 13.1 Å². The molecule has 0 radical (unpaired) electrons. The first-order chi connectivity index (χ1) is 8.43. The molecular formula is C16H31NO. The van der Waals surface area contributed by atoms with Crippen LogP contribution in [0.4, 0.5) is 0 Å². The van der Waals surface area contributed by atoms with Crippen LogP contribution in [-0.4, -0.2) is 29.8 Å². The van der Waals surface area contributed by atoms with Gasteiger partial charge in [0.05, 0.1) is 0 Å². The average molecular weight is 253 g/mol. The van der Waals surface area contributed by atoms with Crippen LogP contribution in [0.2, 0.25) is 0 Å². The van der Waals surface area contributed by atoms with Crippen LogP contribution >= 0.6 is 0 Å². The summed E-state index contributed by atoms with van der Waals surface area (Å²) in [4.78, 5) is 14.6. The third-order valence-electron chi connectivity index (χ3n) is 4.23. The third kappa shape index (κ3) is 4.72. The van der Waals surface area contributed by atoms with E-state index in [9.17, 15) is 4.79 Å². The zero-order valence-electron chi connectivity index (χ0n) is 12.9. The van der Waals surface area contributed by atoms with Crippen molar-refractivity contribution in [3.05, 3.63) is 0 Å². The predicted octanol–water partition coefficient (Wildman–Crippen LogP) is 3.75. The normalized spacial score (nSPS) is 25.4. The van der Waals surface area contributed by atoms with E-state index < -0.39 is 0 Å². The Bertz CT molecular complexity index is 260. The van der Waals surface area contributed by atoms with Crippen LogP contribution in [0.3, 0.4) is 0 Å². The van der Waals surface area contributed by atoms with Crippen LogP contribution in [-0.2, 0) is 4.79 Å². The van der Waals surface area contributed by atoms with Crippen molar-refractivity contribution in [2.24, 2.45) is 17.8 Å². The van der Waals surface area contributed by atoms with Gasteiger partial charge in [-0.05, 0) is 38.5 Å². The summed E-state index contributed by atoms with van der Waals surface area (Å²) in [7, 11) is 0. The topological polar surface area (TPSA) is 20.3 Å². The highest BCUT2D eigenvalue weighted by atomic mass is 16.1. The van der Waals surface area contributed by atoms with E-state index in [1.807, 2.05) is 0 Å². The Morgan fingerprint density at radius 3 is 2.44 bits per heavy atom. The molecule has 1 rings (SSSR count). The van der Waals surface area contributed by atoms with Crippen molar-refractivity contribution >= 4 is 5.78 Å². The van der Waals surface area contributed by atoms with Gasteiger partial charge >= 0.3 is 0 Å². The Morgan fingerprint density at radius 2 is 1.94 bits per heavy atom. The van der Waals surface area contributed by atoms with Gasteiger partial charge < -0.3 is 0 Å². The van der Waals surface area contributed by atoms with E-state index in [1.54, 1.807) is 0 Å². The van der Waals surface area contributed by atoms with Crippen molar-refractivity contribution in [1.82, 2.24) is 4.90 Å². The first-order valence-electron chi connectivity index (χ1n) is 7.70. The van der Waals surface area contributed by atoms with Crippen LogP contribution in [0.5, 0.6) is 0 Å². The van der Waals surface area contributed by atoms with Gasteiger partial charge in [0.25, 0.3) is 0 Å². The van der Waals surface area contributed by atoms with E-state index in [4.69, 9.17) is 0 Å². The maximum atomic E-state index is 12.1. The van der Waals surface area contributed by atoms with Crippen LogP contribution in [0.25, 0.3) is 0 Å². The summed E-state index contributed by atoms with van der Waals surface area (Å²) in [6.07, 6.45) is 4.29. The first-order valence-corrected chi connectivity index (χ1v) is 7.70. The van der Waals surface area contributed by atoms with Gasteiger partial charge in [-0.3, -0.25) is 9.69 Å². The number of carbonyl (C=O) groups excluding carboxylic acids is 1. The number of Topliss-reactive ketones (excluding diaryl/α,β-unsaturated/α-hetero) is 1. The predicted molar refractivity (Wildman–Crippen MR) is 77.7 cm³/mol. The summed E-state index contributed by atoms with van der Waals surface area (Å²) in [5.41, 5.74) is 0. The molecule has 18 heavy (non-hydrogen) atoms. The lowest BCUT2D eigenvalue weighted by Crippen LogP contribution is -2.41. The summed E-state index contributed by atoms with van der Waals surface area (Å²) < 4.78 is 0. The smallest absolute Gasteiger partial charge is 0.137 e. The number of carbonyl (C=O) groups is 1. The second-order valence-corrected chi connectivity index (χ2v) is 6.65.